The summed E-state index contributed by atoms with van der Waals surface area (Å²) in [4.78, 5) is 14.4. The molecule has 3 N–H and O–H groups in total. The Bertz CT molecular complexity index is 550. The van der Waals surface area contributed by atoms with Gasteiger partial charge >= 0.3 is 5.97 Å². The average Bonchev–Trinajstić information content (AvgIpc) is 2.19. The van der Waals surface area contributed by atoms with E-state index in [1.807, 2.05) is 0 Å². The molecule has 0 aliphatic heterocycles. The zero-order chi connectivity index (χ0) is 11.0. The van der Waals surface area contributed by atoms with Gasteiger partial charge in [0.15, 0.2) is 11.5 Å². The summed E-state index contributed by atoms with van der Waals surface area (Å²) < 4.78 is 0. The van der Waals surface area contributed by atoms with Crippen molar-refractivity contribution in [1.29, 1.82) is 0 Å². The van der Waals surface area contributed by atoms with Crippen molar-refractivity contribution in [3.8, 4) is 11.5 Å². The van der Waals surface area contributed by atoms with E-state index in [9.17, 15) is 15.0 Å². The molecule has 76 valence electrons. The van der Waals surface area contributed by atoms with Crippen LogP contribution in [0.5, 0.6) is 11.5 Å². The first-order valence-corrected chi connectivity index (χ1v) is 4.14. The number of nitrogens with zero attached hydrogens (tertiary/aromatic N) is 1. The van der Waals surface area contributed by atoms with E-state index in [-0.39, 0.29) is 17.2 Å². The minimum absolute atomic E-state index is 0.104. The number of hydrogen-bond donors (Lipinski definition) is 3. The van der Waals surface area contributed by atoms with Gasteiger partial charge in [0, 0.05) is 11.5 Å². The van der Waals surface area contributed by atoms with Gasteiger partial charge in [0.25, 0.3) is 0 Å². The number of pyridine rings is 1. The zero-order valence-electron chi connectivity index (χ0n) is 7.51. The monoisotopic (exact) mass is 205 g/mol. The van der Waals surface area contributed by atoms with E-state index in [0.717, 1.165) is 0 Å². The summed E-state index contributed by atoms with van der Waals surface area (Å²) >= 11 is 0. The molecule has 0 saturated carbocycles. The van der Waals surface area contributed by atoms with Crippen LogP contribution in [-0.4, -0.2) is 26.3 Å². The number of carboxylic acid groups (broad SMARTS) is 1. The summed E-state index contributed by atoms with van der Waals surface area (Å²) in [5.41, 5.74) is 0.220. The third-order valence-electron chi connectivity index (χ3n) is 2.00. The minimum atomic E-state index is -1.13. The van der Waals surface area contributed by atoms with E-state index >= 15 is 0 Å². The lowest BCUT2D eigenvalue weighted by Gasteiger charge is -2.01. The fourth-order valence-corrected chi connectivity index (χ4v) is 1.27. The highest BCUT2D eigenvalue weighted by atomic mass is 16.4. The number of rotatable bonds is 1. The van der Waals surface area contributed by atoms with Gasteiger partial charge in [-0.1, -0.05) is 6.07 Å². The van der Waals surface area contributed by atoms with Crippen LogP contribution in [0.2, 0.25) is 0 Å². The lowest BCUT2D eigenvalue weighted by Crippen LogP contribution is -1.99. The van der Waals surface area contributed by atoms with Crippen molar-refractivity contribution in [2.75, 3.05) is 0 Å². The molecule has 0 unspecified atom stereocenters. The van der Waals surface area contributed by atoms with E-state index in [0.29, 0.717) is 10.9 Å². The number of aromatic hydroxyl groups is 2. The van der Waals surface area contributed by atoms with Crippen molar-refractivity contribution >= 4 is 16.9 Å². The van der Waals surface area contributed by atoms with E-state index in [4.69, 9.17) is 5.11 Å². The first-order chi connectivity index (χ1) is 7.08. The van der Waals surface area contributed by atoms with Gasteiger partial charge < -0.3 is 15.3 Å². The predicted octanol–water partition coefficient (Wildman–Crippen LogP) is 1.34. The second kappa shape index (κ2) is 3.13. The zero-order valence-corrected chi connectivity index (χ0v) is 7.51. The fraction of sp³-hybridized carbons (Fsp3) is 0. The van der Waals surface area contributed by atoms with E-state index < -0.39 is 5.97 Å². The molecule has 0 fully saturated rings. The first kappa shape index (κ1) is 9.26. The highest BCUT2D eigenvalue weighted by molar-refractivity contribution is 5.90. The van der Waals surface area contributed by atoms with E-state index in [1.165, 1.54) is 24.3 Å². The Balaban J connectivity index is 2.72. The lowest BCUT2D eigenvalue weighted by molar-refractivity contribution is 0.0691. The van der Waals surface area contributed by atoms with Crippen molar-refractivity contribution in [3.63, 3.8) is 0 Å². The van der Waals surface area contributed by atoms with E-state index in [2.05, 4.69) is 4.98 Å². The Morgan fingerprint density at radius 1 is 1.13 bits per heavy atom. The van der Waals surface area contributed by atoms with Gasteiger partial charge in [-0.15, -0.1) is 0 Å². The molecule has 1 aromatic carbocycles. The summed E-state index contributed by atoms with van der Waals surface area (Å²) in [6.07, 6.45) is 0. The maximum Gasteiger partial charge on any atom is 0.354 e. The molecule has 5 nitrogen and oxygen atoms in total. The molecular formula is C10H7NO4. The molecule has 1 heterocycles. The fourth-order valence-electron chi connectivity index (χ4n) is 1.27. The number of carbonyl (C=O) groups is 1. The van der Waals surface area contributed by atoms with Crippen LogP contribution in [0.15, 0.2) is 24.3 Å². The van der Waals surface area contributed by atoms with Crippen LogP contribution in [0.25, 0.3) is 10.9 Å². The molecule has 0 atom stereocenters. The molecule has 5 heteroatoms. The number of phenolic OH excluding ortho intramolecular Hbond substituents is 2. The summed E-state index contributed by atoms with van der Waals surface area (Å²) in [7, 11) is 0. The van der Waals surface area contributed by atoms with Crippen LogP contribution in [0.1, 0.15) is 10.5 Å². The van der Waals surface area contributed by atoms with Crippen LogP contribution >= 0.6 is 0 Å². The second-order valence-corrected chi connectivity index (χ2v) is 3.04. The molecule has 0 saturated heterocycles. The average molecular weight is 205 g/mol. The maximum absolute atomic E-state index is 10.6. The van der Waals surface area contributed by atoms with Gasteiger partial charge in [-0.25, -0.2) is 9.78 Å². The highest BCUT2D eigenvalue weighted by Crippen LogP contribution is 2.29. The van der Waals surface area contributed by atoms with Crippen molar-refractivity contribution < 1.29 is 20.1 Å². The third kappa shape index (κ3) is 1.54. The second-order valence-electron chi connectivity index (χ2n) is 3.04. The highest BCUT2D eigenvalue weighted by Gasteiger charge is 2.07. The molecule has 2 rings (SSSR count). The lowest BCUT2D eigenvalue weighted by atomic mass is 10.2. The van der Waals surface area contributed by atoms with Crippen molar-refractivity contribution in [1.82, 2.24) is 4.98 Å². The largest absolute Gasteiger partial charge is 0.504 e. The van der Waals surface area contributed by atoms with Crippen molar-refractivity contribution in [3.05, 3.63) is 30.0 Å². The Hall–Kier alpha value is -2.30. The molecule has 1 aromatic heterocycles. The summed E-state index contributed by atoms with van der Waals surface area (Å²) in [5, 5.41) is 27.7. The number of phenols is 2. The Morgan fingerprint density at radius 2 is 1.80 bits per heavy atom. The minimum Gasteiger partial charge on any atom is -0.504 e. The standard InChI is InChI=1S/C10H7NO4/c12-8-3-5-1-2-6(10(14)15)11-7(5)4-9(8)13/h1-4,12-13H,(H,14,15). The predicted molar refractivity (Wildman–Crippen MR) is 52.0 cm³/mol. The summed E-state index contributed by atoms with van der Waals surface area (Å²) in [5.74, 6) is -1.71. The Kier molecular flexibility index (Phi) is 1.93. The van der Waals surface area contributed by atoms with Gasteiger partial charge in [-0.2, -0.15) is 0 Å². The molecule has 0 spiro atoms. The van der Waals surface area contributed by atoms with Crippen LogP contribution < -0.4 is 0 Å². The smallest absolute Gasteiger partial charge is 0.354 e. The Morgan fingerprint density at radius 3 is 2.47 bits per heavy atom. The number of aromatic carboxylic acids is 1. The van der Waals surface area contributed by atoms with Gasteiger partial charge in [0.2, 0.25) is 0 Å². The number of aromatic nitrogens is 1. The molecule has 2 aromatic rings. The molecular weight excluding hydrogens is 198 g/mol. The first-order valence-electron chi connectivity index (χ1n) is 4.14. The quantitative estimate of drug-likeness (QED) is 0.611. The SMILES string of the molecule is O=C(O)c1ccc2cc(O)c(O)cc2n1. The van der Waals surface area contributed by atoms with Gasteiger partial charge in [0.1, 0.15) is 5.69 Å². The van der Waals surface area contributed by atoms with Crippen LogP contribution in [0.4, 0.5) is 0 Å². The van der Waals surface area contributed by atoms with Crippen molar-refractivity contribution in [2.24, 2.45) is 0 Å². The number of hydrogen-bond acceptors (Lipinski definition) is 4. The summed E-state index contributed by atoms with van der Waals surface area (Å²) in [6.45, 7) is 0. The normalized spacial score (nSPS) is 10.4. The Labute approximate surface area is 84.2 Å². The molecule has 0 radical (unpaired) electrons. The van der Waals surface area contributed by atoms with Crippen molar-refractivity contribution in [2.45, 2.75) is 0 Å². The molecule has 0 bridgehead atoms. The number of carboxylic acids is 1. The van der Waals surface area contributed by atoms with Crippen LogP contribution in [-0.2, 0) is 0 Å². The van der Waals surface area contributed by atoms with Crippen LogP contribution in [0, 0.1) is 0 Å². The molecule has 0 amide bonds. The molecule has 0 aliphatic rings. The number of benzene rings is 1. The topological polar surface area (TPSA) is 90.7 Å². The van der Waals surface area contributed by atoms with Gasteiger partial charge in [-0.3, -0.25) is 0 Å². The third-order valence-corrected chi connectivity index (χ3v) is 2.00. The van der Waals surface area contributed by atoms with Gasteiger partial charge in [0.05, 0.1) is 5.52 Å². The van der Waals surface area contributed by atoms with E-state index in [1.54, 1.807) is 0 Å². The summed E-state index contributed by atoms with van der Waals surface area (Å²) in [6, 6.07) is 5.40. The molecule has 15 heavy (non-hydrogen) atoms. The van der Waals surface area contributed by atoms with Crippen LogP contribution in [0.3, 0.4) is 0 Å². The van der Waals surface area contributed by atoms with Gasteiger partial charge in [-0.05, 0) is 12.1 Å². The maximum atomic E-state index is 10.6. The molecule has 0 aliphatic carbocycles. The number of fused-ring (bicyclic) bond motifs is 1.